The molecule has 1 aliphatic heterocycles. The van der Waals surface area contributed by atoms with Crippen molar-refractivity contribution >= 4 is 23.1 Å². The van der Waals surface area contributed by atoms with Gasteiger partial charge in [-0.25, -0.2) is 0 Å². The normalized spacial score (nSPS) is 17.7. The standard InChI is InChI=1S/C19H16ClNO4/c1-2-9-24-19-16(11-21-13-4-6-14(22)7-5-13)18(23)15-10-12(20)3-8-17(15)25-19/h2-8,10-11,19,21-22H,1,9H2. The van der Waals surface area contributed by atoms with Gasteiger partial charge in [0.1, 0.15) is 11.5 Å². The Labute approximate surface area is 150 Å². The van der Waals surface area contributed by atoms with Gasteiger partial charge in [-0.1, -0.05) is 17.7 Å². The average Bonchev–Trinajstić information content (AvgIpc) is 2.61. The van der Waals surface area contributed by atoms with Crippen molar-refractivity contribution in [2.75, 3.05) is 11.9 Å². The Hall–Kier alpha value is -2.76. The molecular weight excluding hydrogens is 342 g/mol. The molecular formula is C19H16ClNO4. The van der Waals surface area contributed by atoms with Gasteiger partial charge >= 0.3 is 0 Å². The zero-order valence-electron chi connectivity index (χ0n) is 13.2. The first-order chi connectivity index (χ1) is 12.1. The van der Waals surface area contributed by atoms with Crippen molar-refractivity contribution in [3.63, 3.8) is 0 Å². The van der Waals surface area contributed by atoms with Gasteiger partial charge in [-0.3, -0.25) is 4.79 Å². The molecule has 0 bridgehead atoms. The third-order valence-electron chi connectivity index (χ3n) is 3.56. The van der Waals surface area contributed by atoms with Crippen LogP contribution in [0.4, 0.5) is 5.69 Å². The van der Waals surface area contributed by atoms with Gasteiger partial charge in [-0.2, -0.15) is 0 Å². The highest BCUT2D eigenvalue weighted by atomic mass is 35.5. The van der Waals surface area contributed by atoms with Crippen LogP contribution in [0.3, 0.4) is 0 Å². The molecule has 0 fully saturated rings. The van der Waals surface area contributed by atoms with E-state index in [0.717, 1.165) is 0 Å². The van der Waals surface area contributed by atoms with E-state index in [9.17, 15) is 9.90 Å². The Morgan fingerprint density at radius 3 is 2.76 bits per heavy atom. The smallest absolute Gasteiger partial charge is 0.232 e. The number of carbonyl (C=O) groups excluding carboxylic acids is 1. The number of halogens is 1. The zero-order chi connectivity index (χ0) is 17.8. The maximum absolute atomic E-state index is 12.8. The summed E-state index contributed by atoms with van der Waals surface area (Å²) in [4.78, 5) is 12.8. The Bertz CT molecular complexity index is 830. The molecule has 0 radical (unpaired) electrons. The number of Topliss-reactive ketones (excluding diaryl/α,β-unsaturated/α-hetero) is 1. The second-order valence-corrected chi connectivity index (χ2v) is 5.77. The van der Waals surface area contributed by atoms with Gasteiger partial charge in [-0.15, -0.1) is 6.58 Å². The first-order valence-electron chi connectivity index (χ1n) is 7.57. The number of rotatable bonds is 5. The minimum Gasteiger partial charge on any atom is -0.508 e. The van der Waals surface area contributed by atoms with E-state index in [4.69, 9.17) is 21.1 Å². The molecule has 5 nitrogen and oxygen atoms in total. The number of benzene rings is 2. The largest absolute Gasteiger partial charge is 0.508 e. The predicted molar refractivity (Wildman–Crippen MR) is 96.2 cm³/mol. The van der Waals surface area contributed by atoms with Gasteiger partial charge in [-0.05, 0) is 42.5 Å². The van der Waals surface area contributed by atoms with Crippen molar-refractivity contribution in [1.82, 2.24) is 0 Å². The van der Waals surface area contributed by atoms with Gasteiger partial charge in [0.05, 0.1) is 17.7 Å². The van der Waals surface area contributed by atoms with E-state index in [1.165, 1.54) is 6.20 Å². The second kappa shape index (κ2) is 7.42. The van der Waals surface area contributed by atoms with Crippen molar-refractivity contribution in [3.05, 3.63) is 77.5 Å². The Morgan fingerprint density at radius 1 is 1.28 bits per heavy atom. The van der Waals surface area contributed by atoms with Gasteiger partial charge < -0.3 is 19.9 Å². The summed E-state index contributed by atoms with van der Waals surface area (Å²) in [6.07, 6.45) is 2.26. The molecule has 2 N–H and O–H groups in total. The number of phenols is 1. The van der Waals surface area contributed by atoms with Gasteiger partial charge in [0.2, 0.25) is 12.1 Å². The summed E-state index contributed by atoms with van der Waals surface area (Å²) >= 11 is 5.99. The third kappa shape index (κ3) is 3.84. The highest BCUT2D eigenvalue weighted by molar-refractivity contribution is 6.31. The lowest BCUT2D eigenvalue weighted by Crippen LogP contribution is -2.33. The average molecular weight is 358 g/mol. The van der Waals surface area contributed by atoms with Crippen LogP contribution in [0.15, 0.2) is 66.9 Å². The molecule has 25 heavy (non-hydrogen) atoms. The molecule has 2 aromatic carbocycles. The van der Waals surface area contributed by atoms with Crippen LogP contribution in [0, 0.1) is 0 Å². The van der Waals surface area contributed by atoms with Crippen molar-refractivity contribution in [3.8, 4) is 11.5 Å². The number of phenolic OH excluding ortho intramolecular Hbond substituents is 1. The number of hydrogen-bond donors (Lipinski definition) is 2. The lowest BCUT2D eigenvalue weighted by atomic mass is 10.00. The van der Waals surface area contributed by atoms with E-state index in [-0.39, 0.29) is 18.1 Å². The molecule has 0 aromatic heterocycles. The molecule has 0 saturated heterocycles. The van der Waals surface area contributed by atoms with Crippen molar-refractivity contribution < 1.29 is 19.4 Å². The molecule has 0 spiro atoms. The second-order valence-electron chi connectivity index (χ2n) is 5.33. The summed E-state index contributed by atoms with van der Waals surface area (Å²) in [7, 11) is 0. The molecule has 128 valence electrons. The molecule has 1 aliphatic rings. The van der Waals surface area contributed by atoms with E-state index in [0.29, 0.717) is 27.6 Å². The summed E-state index contributed by atoms with van der Waals surface area (Å²) in [6, 6.07) is 11.3. The number of aromatic hydroxyl groups is 1. The summed E-state index contributed by atoms with van der Waals surface area (Å²) < 4.78 is 11.3. The number of hydrogen-bond acceptors (Lipinski definition) is 5. The number of carbonyl (C=O) groups is 1. The quantitative estimate of drug-likeness (QED) is 0.478. The van der Waals surface area contributed by atoms with Crippen LogP contribution in [0.25, 0.3) is 0 Å². The third-order valence-corrected chi connectivity index (χ3v) is 3.80. The molecule has 6 heteroatoms. The molecule has 1 unspecified atom stereocenters. The first-order valence-corrected chi connectivity index (χ1v) is 7.95. The molecule has 0 saturated carbocycles. The maximum Gasteiger partial charge on any atom is 0.232 e. The van der Waals surface area contributed by atoms with Crippen LogP contribution in [-0.2, 0) is 4.74 Å². The van der Waals surface area contributed by atoms with Crippen molar-refractivity contribution in [2.45, 2.75) is 6.29 Å². The van der Waals surface area contributed by atoms with Crippen LogP contribution in [0.5, 0.6) is 11.5 Å². The topological polar surface area (TPSA) is 67.8 Å². The Balaban J connectivity index is 1.92. The minimum atomic E-state index is -0.858. The number of ether oxygens (including phenoxy) is 2. The summed E-state index contributed by atoms with van der Waals surface area (Å²) in [5.74, 6) is 0.348. The molecule has 0 aliphatic carbocycles. The lowest BCUT2D eigenvalue weighted by molar-refractivity contribution is -0.0444. The monoisotopic (exact) mass is 357 g/mol. The highest BCUT2D eigenvalue weighted by Gasteiger charge is 2.32. The number of fused-ring (bicyclic) bond motifs is 1. The SMILES string of the molecule is C=CCOC1Oc2ccc(Cl)cc2C(=O)C1=CNc1ccc(O)cc1. The Kier molecular flexibility index (Phi) is 5.07. The highest BCUT2D eigenvalue weighted by Crippen LogP contribution is 2.33. The van der Waals surface area contributed by atoms with Crippen LogP contribution < -0.4 is 10.1 Å². The fourth-order valence-corrected chi connectivity index (χ4v) is 2.53. The fourth-order valence-electron chi connectivity index (χ4n) is 2.36. The Morgan fingerprint density at radius 2 is 2.04 bits per heavy atom. The van der Waals surface area contributed by atoms with Crippen LogP contribution >= 0.6 is 11.6 Å². The van der Waals surface area contributed by atoms with E-state index in [1.54, 1.807) is 48.5 Å². The first kappa shape index (κ1) is 17.1. The number of anilines is 1. The minimum absolute atomic E-state index is 0.158. The maximum atomic E-state index is 12.8. The molecule has 1 atom stereocenters. The van der Waals surface area contributed by atoms with Crippen LogP contribution in [0.2, 0.25) is 5.02 Å². The zero-order valence-corrected chi connectivity index (χ0v) is 14.0. The number of ketones is 1. The van der Waals surface area contributed by atoms with Crippen molar-refractivity contribution in [1.29, 1.82) is 0 Å². The van der Waals surface area contributed by atoms with Crippen LogP contribution in [-0.4, -0.2) is 23.8 Å². The molecule has 1 heterocycles. The molecule has 0 amide bonds. The predicted octanol–water partition coefficient (Wildman–Crippen LogP) is 4.15. The van der Waals surface area contributed by atoms with Gasteiger partial charge in [0.15, 0.2) is 0 Å². The van der Waals surface area contributed by atoms with Gasteiger partial charge in [0.25, 0.3) is 0 Å². The molecule has 3 rings (SSSR count). The van der Waals surface area contributed by atoms with E-state index in [2.05, 4.69) is 11.9 Å². The van der Waals surface area contributed by atoms with Crippen LogP contribution in [0.1, 0.15) is 10.4 Å². The fraction of sp³-hybridized carbons (Fsp3) is 0.105. The van der Waals surface area contributed by atoms with E-state index < -0.39 is 6.29 Å². The van der Waals surface area contributed by atoms with E-state index >= 15 is 0 Å². The number of nitrogens with one attached hydrogen (secondary N) is 1. The molecule has 2 aromatic rings. The summed E-state index contributed by atoms with van der Waals surface area (Å²) in [5.41, 5.74) is 1.40. The van der Waals surface area contributed by atoms with Crippen molar-refractivity contribution in [2.24, 2.45) is 0 Å². The van der Waals surface area contributed by atoms with E-state index in [1.807, 2.05) is 0 Å². The van der Waals surface area contributed by atoms with Gasteiger partial charge in [0, 0.05) is 16.9 Å². The summed E-state index contributed by atoms with van der Waals surface area (Å²) in [5, 5.41) is 12.8. The lowest BCUT2D eigenvalue weighted by Gasteiger charge is -2.27. The summed E-state index contributed by atoms with van der Waals surface area (Å²) in [6.45, 7) is 3.84.